The number of anilines is 2. The summed E-state index contributed by atoms with van der Waals surface area (Å²) in [6.07, 6.45) is 0. The second kappa shape index (κ2) is 11.6. The number of amides is 1. The average Bonchev–Trinajstić information content (AvgIpc) is 2.89. The van der Waals surface area contributed by atoms with Gasteiger partial charge < -0.3 is 14.8 Å². The van der Waals surface area contributed by atoms with E-state index in [2.05, 4.69) is 5.32 Å². The van der Waals surface area contributed by atoms with Crippen LogP contribution < -0.4 is 19.1 Å². The highest BCUT2D eigenvalue weighted by atomic mass is 35.5. The van der Waals surface area contributed by atoms with E-state index in [9.17, 15) is 13.2 Å². The SMILES string of the molecule is COc1ccc(S(=O)(=O)N(CC(=O)Nc2cc(Cl)ccc2Oc2ccccc2)c2cccc(Cl)c2)cc1. The van der Waals surface area contributed by atoms with Gasteiger partial charge in [-0.15, -0.1) is 0 Å². The number of nitrogens with zero attached hydrogens (tertiary/aromatic N) is 1. The standard InChI is InChI=1S/C27H22Cl2N2O5S/c1-35-22-11-13-24(14-12-22)37(33,34)31(21-7-5-6-19(28)16-21)18-27(32)30-25-17-20(29)10-15-26(25)36-23-8-3-2-4-9-23/h2-17H,18H2,1H3,(H,30,32). The number of nitrogens with one attached hydrogen (secondary N) is 1. The molecule has 190 valence electrons. The molecule has 4 rings (SSSR count). The zero-order valence-corrected chi connectivity index (χ0v) is 21.9. The lowest BCUT2D eigenvalue weighted by atomic mass is 10.2. The van der Waals surface area contributed by atoms with E-state index in [4.69, 9.17) is 32.7 Å². The minimum absolute atomic E-state index is 0.0167. The third-order valence-electron chi connectivity index (χ3n) is 5.22. The van der Waals surface area contributed by atoms with Crippen LogP contribution in [0.25, 0.3) is 0 Å². The maximum Gasteiger partial charge on any atom is 0.264 e. The van der Waals surface area contributed by atoms with E-state index < -0.39 is 22.5 Å². The molecule has 0 aliphatic carbocycles. The van der Waals surface area contributed by atoms with Gasteiger partial charge in [-0.3, -0.25) is 9.10 Å². The van der Waals surface area contributed by atoms with Crippen molar-refractivity contribution < 1.29 is 22.7 Å². The largest absolute Gasteiger partial charge is 0.497 e. The van der Waals surface area contributed by atoms with Crippen molar-refractivity contribution in [1.29, 1.82) is 0 Å². The van der Waals surface area contributed by atoms with Crippen LogP contribution in [0.3, 0.4) is 0 Å². The molecule has 0 aliphatic rings. The molecule has 0 atom stereocenters. The van der Waals surface area contributed by atoms with Crippen LogP contribution in [0.15, 0.2) is 102 Å². The average molecular weight is 557 g/mol. The van der Waals surface area contributed by atoms with Crippen LogP contribution in [0.1, 0.15) is 0 Å². The number of hydrogen-bond donors (Lipinski definition) is 1. The third kappa shape index (κ3) is 6.54. The van der Waals surface area contributed by atoms with E-state index >= 15 is 0 Å². The third-order valence-corrected chi connectivity index (χ3v) is 7.48. The van der Waals surface area contributed by atoms with E-state index in [-0.39, 0.29) is 16.3 Å². The van der Waals surface area contributed by atoms with Gasteiger partial charge in [0.25, 0.3) is 10.0 Å². The number of para-hydroxylation sites is 1. The molecule has 37 heavy (non-hydrogen) atoms. The number of hydrogen-bond acceptors (Lipinski definition) is 5. The molecule has 1 amide bonds. The normalized spacial score (nSPS) is 11.0. The molecule has 0 saturated carbocycles. The monoisotopic (exact) mass is 556 g/mol. The fourth-order valence-electron chi connectivity index (χ4n) is 3.45. The fourth-order valence-corrected chi connectivity index (χ4v) is 5.22. The molecule has 1 N–H and O–H groups in total. The van der Waals surface area contributed by atoms with Gasteiger partial charge in [0.05, 0.1) is 23.4 Å². The summed E-state index contributed by atoms with van der Waals surface area (Å²) in [6.45, 7) is -0.536. The number of ether oxygens (including phenoxy) is 2. The van der Waals surface area contributed by atoms with Gasteiger partial charge in [0.2, 0.25) is 5.91 Å². The Hall–Kier alpha value is -3.72. The van der Waals surface area contributed by atoms with Crippen molar-refractivity contribution in [2.75, 3.05) is 23.3 Å². The zero-order chi connectivity index (χ0) is 26.4. The molecule has 0 fully saturated rings. The predicted molar refractivity (Wildman–Crippen MR) is 146 cm³/mol. The van der Waals surface area contributed by atoms with E-state index in [1.165, 1.54) is 43.5 Å². The second-order valence-electron chi connectivity index (χ2n) is 7.77. The Morgan fingerprint density at radius 2 is 1.54 bits per heavy atom. The van der Waals surface area contributed by atoms with Crippen LogP contribution in [0.5, 0.6) is 17.2 Å². The van der Waals surface area contributed by atoms with E-state index in [0.717, 1.165) is 4.31 Å². The molecule has 4 aromatic carbocycles. The Morgan fingerprint density at radius 1 is 0.838 bits per heavy atom. The highest BCUT2D eigenvalue weighted by molar-refractivity contribution is 7.92. The number of halogens is 2. The zero-order valence-electron chi connectivity index (χ0n) is 19.6. The molecule has 0 heterocycles. The highest BCUT2D eigenvalue weighted by Gasteiger charge is 2.28. The first-order valence-electron chi connectivity index (χ1n) is 11.0. The molecular weight excluding hydrogens is 535 g/mol. The molecule has 0 radical (unpaired) electrons. The summed E-state index contributed by atoms with van der Waals surface area (Å²) >= 11 is 12.3. The second-order valence-corrected chi connectivity index (χ2v) is 10.5. The van der Waals surface area contributed by atoms with Gasteiger partial charge in [0.15, 0.2) is 5.75 Å². The fraction of sp³-hybridized carbons (Fsp3) is 0.0741. The van der Waals surface area contributed by atoms with Gasteiger partial charge >= 0.3 is 0 Å². The van der Waals surface area contributed by atoms with Crippen LogP contribution in [-0.4, -0.2) is 28.0 Å². The van der Waals surface area contributed by atoms with E-state index in [0.29, 0.717) is 27.3 Å². The number of benzene rings is 4. The Kier molecular flexibility index (Phi) is 8.23. The first-order valence-corrected chi connectivity index (χ1v) is 13.2. The van der Waals surface area contributed by atoms with Crippen molar-refractivity contribution in [2.24, 2.45) is 0 Å². The van der Waals surface area contributed by atoms with E-state index in [1.807, 2.05) is 18.2 Å². The first kappa shape index (κ1) is 26.3. The van der Waals surface area contributed by atoms with Gasteiger partial charge in [0.1, 0.15) is 18.0 Å². The number of carbonyl (C=O) groups excluding carboxylic acids is 1. The van der Waals surface area contributed by atoms with Crippen LogP contribution in [0.4, 0.5) is 11.4 Å². The molecule has 0 bridgehead atoms. The molecule has 0 aromatic heterocycles. The molecule has 0 unspecified atom stereocenters. The van der Waals surface area contributed by atoms with Crippen molar-refractivity contribution in [1.82, 2.24) is 0 Å². The summed E-state index contributed by atoms with van der Waals surface area (Å²) in [5.41, 5.74) is 0.513. The van der Waals surface area contributed by atoms with Gasteiger partial charge in [-0.05, 0) is 72.8 Å². The number of sulfonamides is 1. The van der Waals surface area contributed by atoms with Crippen LogP contribution in [0, 0.1) is 0 Å². The summed E-state index contributed by atoms with van der Waals surface area (Å²) < 4.78 is 39.2. The molecule has 0 saturated heterocycles. The minimum atomic E-state index is -4.15. The van der Waals surface area contributed by atoms with Crippen LogP contribution in [0.2, 0.25) is 10.0 Å². The molecule has 0 spiro atoms. The van der Waals surface area contributed by atoms with Crippen molar-refractivity contribution in [2.45, 2.75) is 4.90 Å². The van der Waals surface area contributed by atoms with E-state index in [1.54, 1.807) is 42.5 Å². The highest BCUT2D eigenvalue weighted by Crippen LogP contribution is 2.33. The molecule has 0 aliphatic heterocycles. The molecule has 10 heteroatoms. The van der Waals surface area contributed by atoms with Gasteiger partial charge in [-0.25, -0.2) is 8.42 Å². The van der Waals surface area contributed by atoms with Crippen molar-refractivity contribution in [3.63, 3.8) is 0 Å². The quantitative estimate of drug-likeness (QED) is 0.250. The van der Waals surface area contributed by atoms with Crippen LogP contribution >= 0.6 is 23.2 Å². The number of methoxy groups -OCH3 is 1. The van der Waals surface area contributed by atoms with Crippen molar-refractivity contribution in [3.05, 3.63) is 107 Å². The lowest BCUT2D eigenvalue weighted by molar-refractivity contribution is -0.114. The number of rotatable bonds is 9. The maximum atomic E-state index is 13.6. The minimum Gasteiger partial charge on any atom is -0.497 e. The van der Waals surface area contributed by atoms with Gasteiger partial charge in [0, 0.05) is 10.0 Å². The molecular formula is C27H22Cl2N2O5S. The summed E-state index contributed by atoms with van der Waals surface area (Å²) in [5.74, 6) is 0.786. The van der Waals surface area contributed by atoms with Gasteiger partial charge in [-0.2, -0.15) is 0 Å². The number of carbonyl (C=O) groups is 1. The van der Waals surface area contributed by atoms with Crippen molar-refractivity contribution >= 4 is 50.5 Å². The lowest BCUT2D eigenvalue weighted by Gasteiger charge is -2.24. The maximum absolute atomic E-state index is 13.6. The summed E-state index contributed by atoms with van der Waals surface area (Å²) in [7, 11) is -2.67. The van der Waals surface area contributed by atoms with Crippen molar-refractivity contribution in [3.8, 4) is 17.2 Å². The Balaban J connectivity index is 1.64. The summed E-state index contributed by atoms with van der Waals surface area (Å²) in [5, 5.41) is 3.41. The predicted octanol–water partition coefficient (Wildman–Crippen LogP) is 6.63. The molecule has 4 aromatic rings. The first-order chi connectivity index (χ1) is 17.8. The summed E-state index contributed by atoms with van der Waals surface area (Å²) in [6, 6.07) is 25.9. The Morgan fingerprint density at radius 3 is 2.22 bits per heavy atom. The topological polar surface area (TPSA) is 84.9 Å². The Bertz CT molecular complexity index is 1500. The molecule has 7 nitrogen and oxygen atoms in total. The van der Waals surface area contributed by atoms with Gasteiger partial charge in [-0.1, -0.05) is 47.5 Å². The lowest BCUT2D eigenvalue weighted by Crippen LogP contribution is -2.38. The van der Waals surface area contributed by atoms with Crippen LogP contribution in [-0.2, 0) is 14.8 Å². The smallest absolute Gasteiger partial charge is 0.264 e. The Labute approximate surface area is 225 Å². The summed E-state index contributed by atoms with van der Waals surface area (Å²) in [4.78, 5) is 13.2.